The molecule has 4 nitrogen and oxygen atoms in total. The van der Waals surface area contributed by atoms with Crippen LogP contribution in [0.2, 0.25) is 0 Å². The van der Waals surface area contributed by atoms with E-state index < -0.39 is 0 Å². The van der Waals surface area contributed by atoms with E-state index in [1.807, 2.05) is 19.1 Å². The summed E-state index contributed by atoms with van der Waals surface area (Å²) >= 11 is 1.71. The molecule has 1 atom stereocenters. The van der Waals surface area contributed by atoms with Crippen molar-refractivity contribution in [3.05, 3.63) is 35.3 Å². The van der Waals surface area contributed by atoms with Crippen molar-refractivity contribution in [1.82, 2.24) is 9.88 Å². The third-order valence-electron chi connectivity index (χ3n) is 4.48. The molecule has 0 radical (unpaired) electrons. The fraction of sp³-hybridized carbons (Fsp3) is 0.500. The van der Waals surface area contributed by atoms with Crippen LogP contribution in [-0.2, 0) is 6.54 Å². The van der Waals surface area contributed by atoms with Crippen LogP contribution in [0.4, 0.5) is 0 Å². The summed E-state index contributed by atoms with van der Waals surface area (Å²) in [5.74, 6) is 0.908. The predicted octanol–water partition coefficient (Wildman–Crippen LogP) is 4.22. The molecule has 2 heterocycles. The molecule has 0 aliphatic carbocycles. The van der Waals surface area contributed by atoms with E-state index in [1.54, 1.807) is 11.3 Å². The highest BCUT2D eigenvalue weighted by Crippen LogP contribution is 2.31. The number of rotatable bonds is 6. The van der Waals surface area contributed by atoms with Gasteiger partial charge in [0.1, 0.15) is 10.8 Å². The highest BCUT2D eigenvalue weighted by Gasteiger charge is 2.32. The lowest BCUT2D eigenvalue weighted by atomic mass is 9.90. The highest BCUT2D eigenvalue weighted by molar-refractivity contribution is 7.13. The van der Waals surface area contributed by atoms with Crippen LogP contribution in [0.1, 0.15) is 26.0 Å². The van der Waals surface area contributed by atoms with Gasteiger partial charge in [-0.2, -0.15) is 0 Å². The van der Waals surface area contributed by atoms with Gasteiger partial charge in [-0.1, -0.05) is 6.92 Å². The van der Waals surface area contributed by atoms with Crippen LogP contribution in [0.3, 0.4) is 0 Å². The Kier molecular flexibility index (Phi) is 8.64. The normalized spacial score (nSPS) is 20.0. The van der Waals surface area contributed by atoms with E-state index in [4.69, 9.17) is 15.5 Å². The molecule has 1 aromatic heterocycles. The third-order valence-corrected chi connectivity index (χ3v) is 5.42. The first-order chi connectivity index (χ1) is 11.1. The third kappa shape index (κ3) is 5.56. The number of ether oxygens (including phenoxy) is 1. The number of aromatic nitrogens is 1. The number of hydrogen-bond donors (Lipinski definition) is 1. The molecule has 0 spiro atoms. The maximum Gasteiger partial charge on any atom is 0.123 e. The van der Waals surface area contributed by atoms with E-state index in [1.165, 1.54) is 6.42 Å². The fourth-order valence-electron chi connectivity index (χ4n) is 3.03. The highest BCUT2D eigenvalue weighted by atomic mass is 35.5. The Morgan fingerprint density at radius 1 is 1.28 bits per heavy atom. The van der Waals surface area contributed by atoms with E-state index in [2.05, 4.69) is 29.3 Å². The van der Waals surface area contributed by atoms with Gasteiger partial charge in [0, 0.05) is 24.0 Å². The van der Waals surface area contributed by atoms with Crippen LogP contribution in [-0.4, -0.2) is 36.1 Å². The van der Waals surface area contributed by atoms with Crippen molar-refractivity contribution in [2.75, 3.05) is 26.2 Å². The molecule has 0 bridgehead atoms. The van der Waals surface area contributed by atoms with Gasteiger partial charge in [-0.25, -0.2) is 4.98 Å². The topological polar surface area (TPSA) is 51.4 Å². The summed E-state index contributed by atoms with van der Waals surface area (Å²) in [4.78, 5) is 7.26. The average molecular weight is 404 g/mol. The monoisotopic (exact) mass is 403 g/mol. The summed E-state index contributed by atoms with van der Waals surface area (Å²) in [5, 5.41) is 3.24. The number of nitrogens with two attached hydrogens (primary N) is 1. The van der Waals surface area contributed by atoms with Crippen molar-refractivity contribution < 1.29 is 4.74 Å². The Morgan fingerprint density at radius 3 is 2.60 bits per heavy atom. The zero-order chi connectivity index (χ0) is 16.3. The van der Waals surface area contributed by atoms with E-state index >= 15 is 0 Å². The lowest BCUT2D eigenvalue weighted by molar-refractivity contribution is 0.272. The minimum atomic E-state index is 0. The van der Waals surface area contributed by atoms with Crippen LogP contribution >= 0.6 is 36.2 Å². The van der Waals surface area contributed by atoms with Gasteiger partial charge < -0.3 is 10.5 Å². The van der Waals surface area contributed by atoms with Gasteiger partial charge in [-0.15, -0.1) is 36.2 Å². The van der Waals surface area contributed by atoms with Crippen molar-refractivity contribution in [2.45, 2.75) is 26.8 Å². The molecule has 1 aliphatic heterocycles. The second-order valence-electron chi connectivity index (χ2n) is 6.58. The Labute approximate surface area is 166 Å². The van der Waals surface area contributed by atoms with Crippen LogP contribution in [0, 0.1) is 5.41 Å². The summed E-state index contributed by atoms with van der Waals surface area (Å²) in [5.41, 5.74) is 8.46. The molecule has 1 saturated heterocycles. The van der Waals surface area contributed by atoms with Crippen molar-refractivity contribution in [2.24, 2.45) is 11.1 Å². The molecule has 140 valence electrons. The molecule has 2 aromatic rings. The zero-order valence-electron chi connectivity index (χ0n) is 14.7. The SMILES string of the molecule is CCOc1ccc(-c2nc(CN3CCC(C)(CN)C3)cs2)cc1.Cl.Cl. The maximum absolute atomic E-state index is 5.89. The van der Waals surface area contributed by atoms with Crippen molar-refractivity contribution in [3.8, 4) is 16.3 Å². The summed E-state index contributed by atoms with van der Waals surface area (Å²) in [6.45, 7) is 8.83. The molecule has 0 saturated carbocycles. The molecule has 0 amide bonds. The molecule has 1 aromatic carbocycles. The smallest absolute Gasteiger partial charge is 0.123 e. The van der Waals surface area contributed by atoms with Gasteiger partial charge in [-0.3, -0.25) is 4.90 Å². The van der Waals surface area contributed by atoms with Gasteiger partial charge in [0.05, 0.1) is 12.3 Å². The minimum Gasteiger partial charge on any atom is -0.494 e. The zero-order valence-corrected chi connectivity index (χ0v) is 17.2. The Balaban J connectivity index is 0.00000156. The summed E-state index contributed by atoms with van der Waals surface area (Å²) in [7, 11) is 0. The minimum absolute atomic E-state index is 0. The molecule has 25 heavy (non-hydrogen) atoms. The van der Waals surface area contributed by atoms with Gasteiger partial charge in [-0.05, 0) is 56.1 Å². The first kappa shape index (κ1) is 22.2. The van der Waals surface area contributed by atoms with E-state index in [-0.39, 0.29) is 30.2 Å². The van der Waals surface area contributed by atoms with Gasteiger partial charge in [0.2, 0.25) is 0 Å². The Hall–Kier alpha value is -0.850. The second-order valence-corrected chi connectivity index (χ2v) is 7.43. The van der Waals surface area contributed by atoms with E-state index in [0.29, 0.717) is 6.61 Å². The number of nitrogens with zero attached hydrogens (tertiary/aromatic N) is 2. The lowest BCUT2D eigenvalue weighted by Gasteiger charge is -2.22. The largest absolute Gasteiger partial charge is 0.494 e. The Morgan fingerprint density at radius 2 is 2.00 bits per heavy atom. The first-order valence-electron chi connectivity index (χ1n) is 8.22. The van der Waals surface area contributed by atoms with Crippen LogP contribution in [0.25, 0.3) is 10.6 Å². The van der Waals surface area contributed by atoms with E-state index in [0.717, 1.165) is 48.2 Å². The number of halogens is 2. The van der Waals surface area contributed by atoms with Crippen LogP contribution in [0.5, 0.6) is 5.75 Å². The quantitative estimate of drug-likeness (QED) is 0.783. The van der Waals surface area contributed by atoms with Crippen molar-refractivity contribution in [1.29, 1.82) is 0 Å². The number of hydrogen-bond acceptors (Lipinski definition) is 5. The van der Waals surface area contributed by atoms with Gasteiger partial charge in [0.15, 0.2) is 0 Å². The number of benzene rings is 1. The number of thiazole rings is 1. The van der Waals surface area contributed by atoms with Crippen LogP contribution < -0.4 is 10.5 Å². The summed E-state index contributed by atoms with van der Waals surface area (Å²) < 4.78 is 5.49. The van der Waals surface area contributed by atoms with Gasteiger partial charge in [0.25, 0.3) is 0 Å². The summed E-state index contributed by atoms with van der Waals surface area (Å²) in [6.07, 6.45) is 1.18. The molecule has 7 heteroatoms. The molecule has 1 aliphatic rings. The van der Waals surface area contributed by atoms with E-state index in [9.17, 15) is 0 Å². The van der Waals surface area contributed by atoms with Crippen LogP contribution in [0.15, 0.2) is 29.6 Å². The molecular formula is C18H27Cl2N3OS. The van der Waals surface area contributed by atoms with Gasteiger partial charge >= 0.3 is 0 Å². The molecule has 2 N–H and O–H groups in total. The molecule has 3 rings (SSSR count). The molecule has 1 unspecified atom stereocenters. The number of likely N-dealkylation sites (tertiary alicyclic amines) is 1. The maximum atomic E-state index is 5.89. The average Bonchev–Trinajstić information content (AvgIpc) is 3.17. The lowest BCUT2D eigenvalue weighted by Crippen LogP contribution is -2.31. The summed E-state index contributed by atoms with van der Waals surface area (Å²) in [6, 6.07) is 8.17. The standard InChI is InChI=1S/C18H25N3OS.2ClH/c1-3-22-16-6-4-14(5-7-16)17-20-15(11-23-17)10-21-9-8-18(2,12-19)13-21;;/h4-7,11H,3,8-10,12-13,19H2,1-2H3;2*1H. The fourth-order valence-corrected chi connectivity index (χ4v) is 3.85. The predicted molar refractivity (Wildman–Crippen MR) is 110 cm³/mol. The molecule has 1 fully saturated rings. The Bertz CT molecular complexity index is 650. The second kappa shape index (κ2) is 9.74. The van der Waals surface area contributed by atoms with Crippen molar-refractivity contribution >= 4 is 36.2 Å². The van der Waals surface area contributed by atoms with Crippen molar-refractivity contribution in [3.63, 3.8) is 0 Å². The first-order valence-corrected chi connectivity index (χ1v) is 9.10. The molecular weight excluding hydrogens is 377 g/mol.